The Labute approximate surface area is 145 Å². The summed E-state index contributed by atoms with van der Waals surface area (Å²) in [5, 5.41) is 0. The van der Waals surface area contributed by atoms with Crippen molar-refractivity contribution in [3.63, 3.8) is 0 Å². The molecular weight excluding hydrogens is 328 g/mol. The lowest BCUT2D eigenvalue weighted by Crippen LogP contribution is -2.33. The largest absolute Gasteiger partial charge is 0.353 e. The van der Waals surface area contributed by atoms with Crippen LogP contribution < -0.4 is 0 Å². The highest BCUT2D eigenvalue weighted by Gasteiger charge is 2.25. The molecule has 3 unspecified atom stereocenters. The van der Waals surface area contributed by atoms with Gasteiger partial charge in [-0.2, -0.15) is 8.42 Å². The zero-order valence-corrected chi connectivity index (χ0v) is 15.6. The molecule has 1 aromatic carbocycles. The van der Waals surface area contributed by atoms with Gasteiger partial charge in [-0.3, -0.25) is 4.18 Å². The fourth-order valence-electron chi connectivity index (χ4n) is 2.72. The number of hydrogen-bond acceptors (Lipinski definition) is 5. The van der Waals surface area contributed by atoms with Crippen LogP contribution >= 0.6 is 0 Å². The summed E-state index contributed by atoms with van der Waals surface area (Å²) in [5.74, 6) is -0.0410. The Kier molecular flexibility index (Phi) is 7.22. The van der Waals surface area contributed by atoms with Crippen LogP contribution in [0.2, 0.25) is 0 Å². The molecule has 5 nitrogen and oxygen atoms in total. The Hall–Kier alpha value is -0.950. The number of hydrogen-bond donors (Lipinski definition) is 0. The van der Waals surface area contributed by atoms with Crippen LogP contribution in [0.5, 0.6) is 0 Å². The van der Waals surface area contributed by atoms with Gasteiger partial charge < -0.3 is 9.47 Å². The highest BCUT2D eigenvalue weighted by atomic mass is 32.2. The lowest BCUT2D eigenvalue weighted by Gasteiger charge is -2.30. The average molecular weight is 356 g/mol. The van der Waals surface area contributed by atoms with Crippen LogP contribution in [0.25, 0.3) is 0 Å². The SMILES string of the molecule is CCC(OC1CCCCO1)C(C)COS(=O)(=O)c1ccc(C)cc1. The predicted octanol–water partition coefficient (Wildman–Crippen LogP) is 3.66. The summed E-state index contributed by atoms with van der Waals surface area (Å²) in [5.41, 5.74) is 1.01. The molecule has 1 aromatic rings. The molecule has 0 N–H and O–H groups in total. The molecule has 0 saturated carbocycles. The molecule has 0 aromatic heterocycles. The molecule has 1 heterocycles. The average Bonchev–Trinajstić information content (AvgIpc) is 2.59. The molecule has 0 bridgehead atoms. The first-order chi connectivity index (χ1) is 11.4. The van der Waals surface area contributed by atoms with E-state index in [1.54, 1.807) is 24.3 Å². The van der Waals surface area contributed by atoms with E-state index < -0.39 is 10.1 Å². The van der Waals surface area contributed by atoms with Gasteiger partial charge in [0.25, 0.3) is 10.1 Å². The molecule has 2 rings (SSSR count). The maximum atomic E-state index is 12.3. The molecule has 0 spiro atoms. The second kappa shape index (κ2) is 8.94. The second-order valence-electron chi connectivity index (χ2n) is 6.41. The first-order valence-corrected chi connectivity index (χ1v) is 10.1. The quantitative estimate of drug-likeness (QED) is 0.665. The standard InChI is InChI=1S/C18H28O5S/c1-4-17(23-18-7-5-6-12-21-18)15(3)13-22-24(19,20)16-10-8-14(2)9-11-16/h8-11,15,17-18H,4-7,12-13H2,1-3H3. The minimum absolute atomic E-state index is 0.0410. The van der Waals surface area contributed by atoms with Gasteiger partial charge in [-0.05, 0) is 44.7 Å². The van der Waals surface area contributed by atoms with Crippen LogP contribution in [-0.4, -0.2) is 34.0 Å². The van der Waals surface area contributed by atoms with Gasteiger partial charge in [0.15, 0.2) is 6.29 Å². The summed E-state index contributed by atoms with van der Waals surface area (Å²) in [6.45, 7) is 6.71. The zero-order chi connectivity index (χ0) is 17.6. The topological polar surface area (TPSA) is 61.8 Å². The summed E-state index contributed by atoms with van der Waals surface area (Å²) in [6, 6.07) is 6.66. The number of aryl methyl sites for hydroxylation is 1. The third-order valence-corrected chi connectivity index (χ3v) is 5.59. The maximum Gasteiger partial charge on any atom is 0.296 e. The highest BCUT2D eigenvalue weighted by Crippen LogP contribution is 2.22. The van der Waals surface area contributed by atoms with Crippen molar-refractivity contribution in [2.24, 2.45) is 5.92 Å². The smallest absolute Gasteiger partial charge is 0.296 e. The molecule has 1 fully saturated rings. The Morgan fingerprint density at radius 1 is 1.25 bits per heavy atom. The first-order valence-electron chi connectivity index (χ1n) is 8.65. The fraction of sp³-hybridized carbons (Fsp3) is 0.667. The summed E-state index contributed by atoms with van der Waals surface area (Å²) < 4.78 is 41.4. The van der Waals surface area contributed by atoms with Crippen molar-refractivity contribution in [1.29, 1.82) is 0 Å². The van der Waals surface area contributed by atoms with E-state index in [4.69, 9.17) is 13.7 Å². The van der Waals surface area contributed by atoms with Crippen LogP contribution in [0.1, 0.15) is 45.1 Å². The Morgan fingerprint density at radius 2 is 1.96 bits per heavy atom. The van der Waals surface area contributed by atoms with E-state index in [0.717, 1.165) is 37.9 Å². The molecular formula is C18H28O5S. The third kappa shape index (κ3) is 5.55. The molecule has 136 valence electrons. The van der Waals surface area contributed by atoms with Gasteiger partial charge in [0.05, 0.1) is 17.6 Å². The Balaban J connectivity index is 1.89. The van der Waals surface area contributed by atoms with Gasteiger partial charge in [0.1, 0.15) is 0 Å². The fourth-order valence-corrected chi connectivity index (χ4v) is 3.72. The van der Waals surface area contributed by atoms with Crippen molar-refractivity contribution in [2.75, 3.05) is 13.2 Å². The van der Waals surface area contributed by atoms with Crippen LogP contribution in [0.15, 0.2) is 29.2 Å². The van der Waals surface area contributed by atoms with Gasteiger partial charge in [-0.15, -0.1) is 0 Å². The molecule has 1 aliphatic rings. The normalized spacial score (nSPS) is 21.4. The van der Waals surface area contributed by atoms with E-state index in [1.807, 2.05) is 20.8 Å². The van der Waals surface area contributed by atoms with E-state index in [-0.39, 0.29) is 29.8 Å². The molecule has 1 saturated heterocycles. The molecule has 24 heavy (non-hydrogen) atoms. The molecule has 0 aliphatic carbocycles. The minimum atomic E-state index is -3.73. The van der Waals surface area contributed by atoms with Gasteiger partial charge in [0, 0.05) is 12.5 Å². The van der Waals surface area contributed by atoms with Crippen molar-refractivity contribution < 1.29 is 22.1 Å². The lowest BCUT2D eigenvalue weighted by atomic mass is 10.0. The van der Waals surface area contributed by atoms with Crippen LogP contribution in [0.3, 0.4) is 0 Å². The maximum absolute atomic E-state index is 12.3. The van der Waals surface area contributed by atoms with Crippen molar-refractivity contribution >= 4 is 10.1 Å². The summed E-state index contributed by atoms with van der Waals surface area (Å²) in [7, 11) is -3.73. The summed E-state index contributed by atoms with van der Waals surface area (Å²) >= 11 is 0. The monoisotopic (exact) mass is 356 g/mol. The van der Waals surface area contributed by atoms with E-state index in [1.165, 1.54) is 0 Å². The van der Waals surface area contributed by atoms with E-state index in [2.05, 4.69) is 0 Å². The van der Waals surface area contributed by atoms with Gasteiger partial charge in [-0.25, -0.2) is 0 Å². The first kappa shape index (κ1) is 19.4. The molecule has 0 radical (unpaired) electrons. The summed E-state index contributed by atoms with van der Waals surface area (Å²) in [6.07, 6.45) is 3.60. The van der Waals surface area contributed by atoms with Gasteiger partial charge in [0.2, 0.25) is 0 Å². The molecule has 1 aliphatic heterocycles. The van der Waals surface area contributed by atoms with Gasteiger partial charge in [-0.1, -0.05) is 31.5 Å². The third-order valence-electron chi connectivity index (χ3n) is 4.30. The van der Waals surface area contributed by atoms with Gasteiger partial charge >= 0.3 is 0 Å². The zero-order valence-electron chi connectivity index (χ0n) is 14.7. The van der Waals surface area contributed by atoms with Crippen LogP contribution in [-0.2, 0) is 23.8 Å². The Morgan fingerprint density at radius 3 is 2.54 bits per heavy atom. The highest BCUT2D eigenvalue weighted by molar-refractivity contribution is 7.86. The number of ether oxygens (including phenoxy) is 2. The van der Waals surface area contributed by atoms with Crippen LogP contribution in [0, 0.1) is 12.8 Å². The van der Waals surface area contributed by atoms with Crippen molar-refractivity contribution in [1.82, 2.24) is 0 Å². The Bertz CT molecular complexity index is 590. The van der Waals surface area contributed by atoms with Crippen molar-refractivity contribution in [3.05, 3.63) is 29.8 Å². The minimum Gasteiger partial charge on any atom is -0.353 e. The van der Waals surface area contributed by atoms with Crippen molar-refractivity contribution in [2.45, 2.75) is 63.7 Å². The van der Waals surface area contributed by atoms with E-state index >= 15 is 0 Å². The van der Waals surface area contributed by atoms with Crippen molar-refractivity contribution in [3.8, 4) is 0 Å². The predicted molar refractivity (Wildman–Crippen MR) is 92.2 cm³/mol. The number of benzene rings is 1. The lowest BCUT2D eigenvalue weighted by molar-refractivity contribution is -0.199. The molecule has 0 amide bonds. The molecule has 3 atom stereocenters. The second-order valence-corrected chi connectivity index (χ2v) is 8.02. The summed E-state index contributed by atoms with van der Waals surface area (Å²) in [4.78, 5) is 0.185. The van der Waals surface area contributed by atoms with E-state index in [0.29, 0.717) is 0 Å². The molecule has 6 heteroatoms. The van der Waals surface area contributed by atoms with Crippen LogP contribution in [0.4, 0.5) is 0 Å². The number of rotatable bonds is 8. The van der Waals surface area contributed by atoms with E-state index in [9.17, 15) is 8.42 Å².